The van der Waals surface area contributed by atoms with Crippen molar-refractivity contribution in [1.82, 2.24) is 4.57 Å². The topological polar surface area (TPSA) is 4.93 Å². The summed E-state index contributed by atoms with van der Waals surface area (Å²) in [6.07, 6.45) is -1.69. The lowest BCUT2D eigenvalue weighted by atomic mass is 10.2. The minimum absolute atomic E-state index is 0. The number of aryl methyl sites for hydroxylation is 2. The highest BCUT2D eigenvalue weighted by atomic mass is 19.4. The molecule has 0 aliphatic carbocycles. The van der Waals surface area contributed by atoms with Crippen LogP contribution in [0, 0.1) is 6.92 Å². The van der Waals surface area contributed by atoms with E-state index >= 15 is 0 Å². The van der Waals surface area contributed by atoms with Gasteiger partial charge in [-0.05, 0) is 12.5 Å². The van der Waals surface area contributed by atoms with Crippen LogP contribution in [0.3, 0.4) is 0 Å². The van der Waals surface area contributed by atoms with Crippen molar-refractivity contribution < 1.29 is 13.2 Å². The molecule has 0 bridgehead atoms. The SMILES string of the molecule is C.Cc1cn(C)cc1C(F)(F)F. The molecule has 1 nitrogen and oxygen atoms in total. The average molecular weight is 179 g/mol. The first-order valence-electron chi connectivity index (χ1n) is 3.11. The van der Waals surface area contributed by atoms with Crippen LogP contribution in [0.5, 0.6) is 0 Å². The lowest BCUT2D eigenvalue weighted by molar-refractivity contribution is -0.138. The molecule has 4 heteroatoms. The Labute approximate surface area is 69.8 Å². The molecule has 1 heterocycles. The lowest BCUT2D eigenvalue weighted by Gasteiger charge is -2.03. The summed E-state index contributed by atoms with van der Waals surface area (Å²) in [4.78, 5) is 0. The molecule has 0 amide bonds. The van der Waals surface area contributed by atoms with Gasteiger partial charge in [0.15, 0.2) is 0 Å². The van der Waals surface area contributed by atoms with Gasteiger partial charge in [-0.15, -0.1) is 0 Å². The lowest BCUT2D eigenvalue weighted by Crippen LogP contribution is -2.04. The predicted molar refractivity (Wildman–Crippen MR) is 41.9 cm³/mol. The van der Waals surface area contributed by atoms with Crippen LogP contribution in [0.2, 0.25) is 0 Å². The van der Waals surface area contributed by atoms with E-state index in [-0.39, 0.29) is 13.0 Å². The second kappa shape index (κ2) is 3.21. The maximum Gasteiger partial charge on any atom is 0.418 e. The highest BCUT2D eigenvalue weighted by Crippen LogP contribution is 2.31. The molecule has 0 unspecified atom stereocenters. The second-order valence-corrected chi connectivity index (χ2v) is 2.52. The van der Waals surface area contributed by atoms with Crippen LogP contribution in [-0.4, -0.2) is 4.57 Å². The van der Waals surface area contributed by atoms with Crippen LogP contribution >= 0.6 is 0 Å². The highest BCUT2D eigenvalue weighted by Gasteiger charge is 2.33. The normalized spacial score (nSPS) is 11.1. The molecule has 0 aliphatic heterocycles. The van der Waals surface area contributed by atoms with E-state index in [0.717, 1.165) is 6.20 Å². The monoisotopic (exact) mass is 179 g/mol. The maximum atomic E-state index is 12.0. The molecule has 0 spiro atoms. The summed E-state index contributed by atoms with van der Waals surface area (Å²) in [6, 6.07) is 0. The third kappa shape index (κ3) is 2.03. The Kier molecular flexibility index (Phi) is 2.96. The van der Waals surface area contributed by atoms with E-state index in [4.69, 9.17) is 0 Å². The molecule has 0 N–H and O–H groups in total. The summed E-state index contributed by atoms with van der Waals surface area (Å²) in [5.74, 6) is 0. The molecule has 0 atom stereocenters. The van der Waals surface area contributed by atoms with Crippen LogP contribution in [0.15, 0.2) is 12.4 Å². The Bertz CT molecular complexity index is 260. The van der Waals surface area contributed by atoms with Crippen molar-refractivity contribution in [2.75, 3.05) is 0 Å². The van der Waals surface area contributed by atoms with Crippen LogP contribution in [-0.2, 0) is 13.2 Å². The van der Waals surface area contributed by atoms with Crippen molar-refractivity contribution in [2.24, 2.45) is 7.05 Å². The predicted octanol–water partition coefficient (Wildman–Crippen LogP) is 2.99. The van der Waals surface area contributed by atoms with Gasteiger partial charge in [-0.1, -0.05) is 7.43 Å². The van der Waals surface area contributed by atoms with Crippen LogP contribution in [0.1, 0.15) is 18.6 Å². The number of rotatable bonds is 0. The summed E-state index contributed by atoms with van der Waals surface area (Å²) in [5, 5.41) is 0. The number of aromatic nitrogens is 1. The molecular formula is C8H12F3N. The summed E-state index contributed by atoms with van der Waals surface area (Å²) in [7, 11) is 1.57. The van der Waals surface area contributed by atoms with Crippen molar-refractivity contribution in [2.45, 2.75) is 20.5 Å². The Morgan fingerprint density at radius 3 is 1.92 bits per heavy atom. The minimum atomic E-state index is -4.22. The first-order valence-corrected chi connectivity index (χ1v) is 3.11. The number of halogens is 3. The van der Waals surface area contributed by atoms with E-state index in [1.807, 2.05) is 0 Å². The molecule has 70 valence electrons. The summed E-state index contributed by atoms with van der Waals surface area (Å²) in [6.45, 7) is 1.45. The molecule has 1 aromatic rings. The number of nitrogens with zero attached hydrogens (tertiary/aromatic N) is 1. The molecule has 1 rings (SSSR count). The molecular weight excluding hydrogens is 167 g/mol. The fraction of sp³-hybridized carbons (Fsp3) is 0.500. The van der Waals surface area contributed by atoms with Gasteiger partial charge in [0.2, 0.25) is 0 Å². The fourth-order valence-electron chi connectivity index (χ4n) is 1.01. The fourth-order valence-corrected chi connectivity index (χ4v) is 1.01. The Balaban J connectivity index is 0.00000121. The number of alkyl halides is 3. The average Bonchev–Trinajstić information content (AvgIpc) is 2.08. The Morgan fingerprint density at radius 1 is 1.25 bits per heavy atom. The van der Waals surface area contributed by atoms with Crippen LogP contribution in [0.4, 0.5) is 13.2 Å². The third-order valence-corrected chi connectivity index (χ3v) is 1.46. The van der Waals surface area contributed by atoms with Crippen LogP contribution < -0.4 is 0 Å². The molecule has 0 aromatic carbocycles. The van der Waals surface area contributed by atoms with Gasteiger partial charge in [-0.2, -0.15) is 13.2 Å². The van der Waals surface area contributed by atoms with Gasteiger partial charge in [0.05, 0.1) is 5.56 Å². The molecule has 0 aliphatic rings. The van der Waals surface area contributed by atoms with E-state index in [9.17, 15) is 13.2 Å². The standard InChI is InChI=1S/C7H8F3N.CH4/c1-5-3-11(2)4-6(5)7(8,9)10;/h3-4H,1-2H3;1H4. The first kappa shape index (κ1) is 11.1. The number of hydrogen-bond acceptors (Lipinski definition) is 0. The van der Waals surface area contributed by atoms with E-state index in [1.54, 1.807) is 7.05 Å². The molecule has 0 fully saturated rings. The summed E-state index contributed by atoms with van der Waals surface area (Å²) < 4.78 is 37.5. The van der Waals surface area contributed by atoms with E-state index < -0.39 is 11.7 Å². The van der Waals surface area contributed by atoms with E-state index in [2.05, 4.69) is 0 Å². The first-order chi connectivity index (χ1) is 4.91. The van der Waals surface area contributed by atoms with Gasteiger partial charge in [0, 0.05) is 19.4 Å². The van der Waals surface area contributed by atoms with Crippen molar-refractivity contribution in [1.29, 1.82) is 0 Å². The van der Waals surface area contributed by atoms with Gasteiger partial charge >= 0.3 is 6.18 Å². The smallest absolute Gasteiger partial charge is 0.356 e. The van der Waals surface area contributed by atoms with Gasteiger partial charge in [-0.3, -0.25) is 0 Å². The number of hydrogen-bond donors (Lipinski definition) is 0. The van der Waals surface area contributed by atoms with Gasteiger partial charge in [0.25, 0.3) is 0 Å². The molecule has 0 saturated heterocycles. The van der Waals surface area contributed by atoms with E-state index in [1.165, 1.54) is 17.7 Å². The third-order valence-electron chi connectivity index (χ3n) is 1.46. The van der Waals surface area contributed by atoms with Crippen molar-refractivity contribution >= 4 is 0 Å². The highest BCUT2D eigenvalue weighted by molar-refractivity contribution is 5.25. The van der Waals surface area contributed by atoms with Crippen LogP contribution in [0.25, 0.3) is 0 Å². The quantitative estimate of drug-likeness (QED) is 0.577. The molecule has 12 heavy (non-hydrogen) atoms. The van der Waals surface area contributed by atoms with Gasteiger partial charge < -0.3 is 4.57 Å². The van der Waals surface area contributed by atoms with Crippen molar-refractivity contribution in [3.05, 3.63) is 23.5 Å². The summed E-state index contributed by atoms with van der Waals surface area (Å²) >= 11 is 0. The molecule has 0 saturated carbocycles. The maximum absolute atomic E-state index is 12.0. The zero-order valence-electron chi connectivity index (χ0n) is 6.24. The largest absolute Gasteiger partial charge is 0.418 e. The van der Waals surface area contributed by atoms with Crippen molar-refractivity contribution in [3.8, 4) is 0 Å². The Hall–Kier alpha value is -0.930. The second-order valence-electron chi connectivity index (χ2n) is 2.52. The molecule has 0 radical (unpaired) electrons. The van der Waals surface area contributed by atoms with Crippen molar-refractivity contribution in [3.63, 3.8) is 0 Å². The van der Waals surface area contributed by atoms with Gasteiger partial charge in [-0.25, -0.2) is 0 Å². The zero-order chi connectivity index (χ0) is 8.65. The molecule has 1 aromatic heterocycles. The van der Waals surface area contributed by atoms with Gasteiger partial charge in [0.1, 0.15) is 0 Å². The summed E-state index contributed by atoms with van der Waals surface area (Å²) in [5.41, 5.74) is -0.292. The minimum Gasteiger partial charge on any atom is -0.356 e. The van der Waals surface area contributed by atoms with E-state index in [0.29, 0.717) is 0 Å². The zero-order valence-corrected chi connectivity index (χ0v) is 6.24. The Morgan fingerprint density at radius 2 is 1.75 bits per heavy atom.